The van der Waals surface area contributed by atoms with Gasteiger partial charge in [-0.2, -0.15) is 0 Å². The Hall–Kier alpha value is -0.950. The Labute approximate surface area is 158 Å². The summed E-state index contributed by atoms with van der Waals surface area (Å²) in [5, 5.41) is 0. The average molecular weight is 385 g/mol. The van der Waals surface area contributed by atoms with Crippen LogP contribution in [-0.4, -0.2) is 50.7 Å². The number of hydrogen-bond acceptors (Lipinski definition) is 5. The number of thioether (sulfide) groups is 2. The minimum Gasteiger partial charge on any atom is -0.368 e. The van der Waals surface area contributed by atoms with Crippen molar-refractivity contribution in [1.82, 2.24) is 4.90 Å². The molecule has 2 heterocycles. The number of hydrogen-bond donors (Lipinski definition) is 1. The van der Waals surface area contributed by atoms with E-state index in [1.165, 1.54) is 0 Å². The van der Waals surface area contributed by atoms with Crippen molar-refractivity contribution < 1.29 is 14.4 Å². The minimum atomic E-state index is -0.677. The van der Waals surface area contributed by atoms with Gasteiger partial charge in [0, 0.05) is 18.4 Å². The van der Waals surface area contributed by atoms with Crippen LogP contribution in [0.4, 0.5) is 0 Å². The molecule has 0 aromatic carbocycles. The molecule has 2 aliphatic heterocycles. The molecule has 25 heavy (non-hydrogen) atoms. The standard InChI is InChI=1S/C18H28N2O3S2/c1-4-17(2,3)14(21)8-9-18(24-11-6-12-25-18)16(23)20-10-5-7-13(20)15(19)22/h4,13H,1,5-12H2,2-3H3,(H2,19,22)/t13-/m0/s1. The molecule has 2 amide bonds. The van der Waals surface area contributed by atoms with Gasteiger partial charge >= 0.3 is 0 Å². The second kappa shape index (κ2) is 8.16. The predicted octanol–water partition coefficient (Wildman–Crippen LogP) is 2.59. The van der Waals surface area contributed by atoms with E-state index in [0.29, 0.717) is 25.8 Å². The molecule has 5 nitrogen and oxygen atoms in total. The maximum absolute atomic E-state index is 13.3. The van der Waals surface area contributed by atoms with Crippen LogP contribution in [0.3, 0.4) is 0 Å². The Morgan fingerprint density at radius 3 is 2.48 bits per heavy atom. The number of nitrogens with zero attached hydrogens (tertiary/aromatic N) is 1. The summed E-state index contributed by atoms with van der Waals surface area (Å²) in [5.41, 5.74) is 4.90. The molecule has 7 heteroatoms. The number of carbonyl (C=O) groups is 3. The van der Waals surface area contributed by atoms with Gasteiger partial charge in [-0.15, -0.1) is 30.1 Å². The summed E-state index contributed by atoms with van der Waals surface area (Å²) in [5.74, 6) is 1.41. The number of allylic oxidation sites excluding steroid dienone is 1. The summed E-state index contributed by atoms with van der Waals surface area (Å²) in [6, 6.07) is -0.507. The Morgan fingerprint density at radius 1 is 1.28 bits per heavy atom. The Bertz CT molecular complexity index is 557. The first-order chi connectivity index (χ1) is 11.7. The highest BCUT2D eigenvalue weighted by Crippen LogP contribution is 2.48. The van der Waals surface area contributed by atoms with Crippen LogP contribution in [0.5, 0.6) is 0 Å². The Kier molecular flexibility index (Phi) is 6.65. The first-order valence-corrected chi connectivity index (χ1v) is 10.8. The van der Waals surface area contributed by atoms with Crippen LogP contribution >= 0.6 is 23.5 Å². The molecular weight excluding hydrogens is 356 g/mol. The Balaban J connectivity index is 2.17. The lowest BCUT2D eigenvalue weighted by molar-refractivity contribution is -0.137. The van der Waals surface area contributed by atoms with Crippen LogP contribution < -0.4 is 5.73 Å². The van der Waals surface area contributed by atoms with Crippen LogP contribution in [0.1, 0.15) is 46.0 Å². The summed E-state index contributed by atoms with van der Waals surface area (Å²) < 4.78 is -0.677. The predicted molar refractivity (Wildman–Crippen MR) is 104 cm³/mol. The molecule has 140 valence electrons. The van der Waals surface area contributed by atoms with E-state index in [9.17, 15) is 14.4 Å². The van der Waals surface area contributed by atoms with Gasteiger partial charge in [0.2, 0.25) is 11.8 Å². The van der Waals surface area contributed by atoms with Gasteiger partial charge in [0.25, 0.3) is 0 Å². The summed E-state index contributed by atoms with van der Waals surface area (Å²) in [6.07, 6.45) is 4.96. The van der Waals surface area contributed by atoms with E-state index in [1.807, 2.05) is 13.8 Å². The average Bonchev–Trinajstić information content (AvgIpc) is 3.09. The number of rotatable bonds is 7. The first-order valence-electron chi connectivity index (χ1n) is 8.79. The molecular formula is C18H28N2O3S2. The number of likely N-dealkylation sites (tertiary alicyclic amines) is 1. The zero-order chi connectivity index (χ0) is 18.7. The quantitative estimate of drug-likeness (QED) is 0.683. The first kappa shape index (κ1) is 20.4. The van der Waals surface area contributed by atoms with Gasteiger partial charge in [-0.1, -0.05) is 6.08 Å². The highest BCUT2D eigenvalue weighted by molar-refractivity contribution is 8.19. The van der Waals surface area contributed by atoms with Crippen molar-refractivity contribution in [3.8, 4) is 0 Å². The van der Waals surface area contributed by atoms with Crippen molar-refractivity contribution >= 4 is 41.1 Å². The molecule has 0 aromatic rings. The van der Waals surface area contributed by atoms with Crippen LogP contribution in [-0.2, 0) is 14.4 Å². The van der Waals surface area contributed by atoms with Gasteiger partial charge in [-0.3, -0.25) is 14.4 Å². The van der Waals surface area contributed by atoms with Gasteiger partial charge < -0.3 is 10.6 Å². The number of Topliss-reactive ketones (excluding diaryl/α,β-unsaturated/α-hetero) is 1. The Morgan fingerprint density at radius 2 is 1.92 bits per heavy atom. The molecule has 2 rings (SSSR count). The van der Waals surface area contributed by atoms with Crippen molar-refractivity contribution in [2.75, 3.05) is 18.1 Å². The zero-order valence-electron chi connectivity index (χ0n) is 15.1. The van der Waals surface area contributed by atoms with E-state index in [1.54, 1.807) is 34.5 Å². The monoisotopic (exact) mass is 384 g/mol. The second-order valence-electron chi connectivity index (χ2n) is 7.21. The maximum atomic E-state index is 13.3. The minimum absolute atomic E-state index is 0.0345. The van der Waals surface area contributed by atoms with Gasteiger partial charge in [0.15, 0.2) is 0 Å². The third kappa shape index (κ3) is 4.42. The fraction of sp³-hybridized carbons (Fsp3) is 0.722. The third-order valence-corrected chi connectivity index (χ3v) is 8.42. The summed E-state index contributed by atoms with van der Waals surface area (Å²) in [6.45, 7) is 8.00. The fourth-order valence-electron chi connectivity index (χ4n) is 3.19. The van der Waals surface area contributed by atoms with Crippen LogP contribution in [0.15, 0.2) is 12.7 Å². The number of ketones is 1. The van der Waals surface area contributed by atoms with Crippen molar-refractivity contribution in [2.24, 2.45) is 11.1 Å². The molecule has 2 aliphatic rings. The van der Waals surface area contributed by atoms with Gasteiger partial charge in [-0.25, -0.2) is 0 Å². The molecule has 0 spiro atoms. The lowest BCUT2D eigenvalue weighted by atomic mass is 9.85. The van der Waals surface area contributed by atoms with Crippen LogP contribution in [0, 0.1) is 5.41 Å². The van der Waals surface area contributed by atoms with Crippen molar-refractivity contribution in [1.29, 1.82) is 0 Å². The second-order valence-corrected chi connectivity index (χ2v) is 10.3. The topological polar surface area (TPSA) is 80.5 Å². The third-order valence-electron chi connectivity index (χ3n) is 5.04. The van der Waals surface area contributed by atoms with Crippen molar-refractivity contribution in [3.63, 3.8) is 0 Å². The molecule has 0 radical (unpaired) electrons. The van der Waals surface area contributed by atoms with Crippen LogP contribution in [0.25, 0.3) is 0 Å². The van der Waals surface area contributed by atoms with Crippen molar-refractivity contribution in [2.45, 2.75) is 56.1 Å². The van der Waals surface area contributed by atoms with Gasteiger partial charge in [0.1, 0.15) is 15.9 Å². The molecule has 0 unspecified atom stereocenters. The van der Waals surface area contributed by atoms with Crippen LogP contribution in [0.2, 0.25) is 0 Å². The van der Waals surface area contributed by atoms with Gasteiger partial charge in [0.05, 0.1) is 0 Å². The van der Waals surface area contributed by atoms with E-state index in [-0.39, 0.29) is 11.7 Å². The molecule has 0 saturated carbocycles. The van der Waals surface area contributed by atoms with E-state index in [4.69, 9.17) is 5.73 Å². The molecule has 1 atom stereocenters. The van der Waals surface area contributed by atoms with Gasteiger partial charge in [-0.05, 0) is 51.0 Å². The molecule has 2 N–H and O–H groups in total. The summed E-state index contributed by atoms with van der Waals surface area (Å²) in [7, 11) is 0. The molecule has 2 fully saturated rings. The van der Waals surface area contributed by atoms with E-state index < -0.39 is 21.4 Å². The SMILES string of the molecule is C=CC(C)(C)C(=O)CCC1(C(=O)N2CCC[C@H]2C(N)=O)SCCCS1. The number of primary amides is 1. The lowest BCUT2D eigenvalue weighted by Crippen LogP contribution is -2.52. The number of nitrogens with two attached hydrogens (primary N) is 1. The van der Waals surface area contributed by atoms with Crippen molar-refractivity contribution in [3.05, 3.63) is 12.7 Å². The van der Waals surface area contributed by atoms with E-state index in [0.717, 1.165) is 24.3 Å². The molecule has 0 aliphatic carbocycles. The summed E-state index contributed by atoms with van der Waals surface area (Å²) >= 11 is 3.24. The number of amides is 2. The number of carbonyl (C=O) groups excluding carboxylic acids is 3. The lowest BCUT2D eigenvalue weighted by Gasteiger charge is -2.39. The molecule has 0 bridgehead atoms. The highest BCUT2D eigenvalue weighted by atomic mass is 32.2. The zero-order valence-corrected chi connectivity index (χ0v) is 16.7. The van der Waals surface area contributed by atoms with E-state index >= 15 is 0 Å². The largest absolute Gasteiger partial charge is 0.368 e. The molecule has 0 aromatic heterocycles. The molecule has 2 saturated heterocycles. The fourth-order valence-corrected chi connectivity index (χ4v) is 6.42. The normalized spacial score (nSPS) is 23.3. The van der Waals surface area contributed by atoms with E-state index in [2.05, 4.69) is 6.58 Å². The summed E-state index contributed by atoms with van der Waals surface area (Å²) in [4.78, 5) is 39.2. The smallest absolute Gasteiger partial charge is 0.249 e. The highest BCUT2D eigenvalue weighted by Gasteiger charge is 2.47. The maximum Gasteiger partial charge on any atom is 0.249 e.